The van der Waals surface area contributed by atoms with Crippen LogP contribution in [0, 0.1) is 12.8 Å². The maximum Gasteiger partial charge on any atom is 0.318 e. The molecular formula is C46H83N3O4. The molecule has 0 unspecified atom stereocenters. The number of hydrogen-bond acceptors (Lipinski definition) is 7. The summed E-state index contributed by atoms with van der Waals surface area (Å²) in [4.78, 5) is 11.4. The number of ether oxygens (including phenoxy) is 4. The van der Waals surface area contributed by atoms with Gasteiger partial charge in [0.1, 0.15) is 5.82 Å². The van der Waals surface area contributed by atoms with Gasteiger partial charge in [-0.1, -0.05) is 123 Å². The van der Waals surface area contributed by atoms with Gasteiger partial charge in [0.05, 0.1) is 13.2 Å². The normalized spacial score (nSPS) is 10.7. The molecule has 0 N–H and O–H groups in total. The molecule has 1 rings (SSSR count). The Bertz CT molecular complexity index is 1160. The lowest BCUT2D eigenvalue weighted by molar-refractivity contribution is 0.133. The van der Waals surface area contributed by atoms with Crippen molar-refractivity contribution >= 4 is 11.4 Å². The molecule has 0 atom stereocenters. The molecule has 53 heavy (non-hydrogen) atoms. The Morgan fingerprint density at radius 2 is 1.51 bits per heavy atom. The molecule has 0 aliphatic heterocycles. The Morgan fingerprint density at radius 3 is 2.02 bits per heavy atom. The fraction of sp³-hybridized carbons (Fsp3) is 0.565. The predicted octanol–water partition coefficient (Wildman–Crippen LogP) is 12.8. The van der Waals surface area contributed by atoms with Crippen LogP contribution in [0.5, 0.6) is 6.01 Å². The second kappa shape index (κ2) is 46.5. The lowest BCUT2D eigenvalue weighted by Gasteiger charge is -2.17. The molecule has 0 saturated carbocycles. The van der Waals surface area contributed by atoms with E-state index in [0.29, 0.717) is 25.1 Å². The molecular weight excluding hydrogens is 659 g/mol. The van der Waals surface area contributed by atoms with Crippen LogP contribution in [-0.2, 0) is 14.2 Å². The number of allylic oxidation sites excluding steroid dienone is 8. The summed E-state index contributed by atoms with van der Waals surface area (Å²) in [5, 5.41) is 0. The molecule has 0 saturated heterocycles. The van der Waals surface area contributed by atoms with Crippen molar-refractivity contribution < 1.29 is 18.9 Å². The molecule has 0 aliphatic rings. The molecule has 0 amide bonds. The Balaban J connectivity index is -0.000000291. The van der Waals surface area contributed by atoms with E-state index in [9.17, 15) is 0 Å². The first-order valence-electron chi connectivity index (χ1n) is 19.6. The summed E-state index contributed by atoms with van der Waals surface area (Å²) < 4.78 is 21.4. The highest BCUT2D eigenvalue weighted by atomic mass is 16.5. The van der Waals surface area contributed by atoms with E-state index in [1.807, 2.05) is 93.6 Å². The minimum atomic E-state index is 0.382. The van der Waals surface area contributed by atoms with Gasteiger partial charge in [-0.2, -0.15) is 4.98 Å². The van der Waals surface area contributed by atoms with Crippen LogP contribution in [0.25, 0.3) is 5.57 Å². The van der Waals surface area contributed by atoms with Crippen LogP contribution in [0.4, 0.5) is 5.82 Å². The van der Waals surface area contributed by atoms with Crippen LogP contribution >= 0.6 is 0 Å². The Labute approximate surface area is 329 Å². The third-order valence-electron chi connectivity index (χ3n) is 6.36. The maximum absolute atomic E-state index is 5.68. The fourth-order valence-electron chi connectivity index (χ4n) is 3.74. The van der Waals surface area contributed by atoms with Gasteiger partial charge < -0.3 is 23.8 Å². The Morgan fingerprint density at radius 1 is 0.887 bits per heavy atom. The first kappa shape index (κ1) is 58.8. The smallest absolute Gasteiger partial charge is 0.318 e. The zero-order valence-electron chi connectivity index (χ0n) is 37.3. The minimum absolute atomic E-state index is 0.382. The molecule has 0 aliphatic carbocycles. The first-order chi connectivity index (χ1) is 25.6. The maximum atomic E-state index is 5.68. The quantitative estimate of drug-likeness (QED) is 0.0794. The third kappa shape index (κ3) is 36.6. The first-order valence-corrected chi connectivity index (χ1v) is 19.6. The molecule has 0 bridgehead atoms. The average Bonchev–Trinajstić information content (AvgIpc) is 3.19. The topological polar surface area (TPSA) is 65.9 Å². The number of aromatic nitrogens is 2. The summed E-state index contributed by atoms with van der Waals surface area (Å²) in [6, 6.07) is 8.63. The van der Waals surface area contributed by atoms with Gasteiger partial charge in [0, 0.05) is 53.3 Å². The highest BCUT2D eigenvalue weighted by Crippen LogP contribution is 2.18. The third-order valence-corrected chi connectivity index (χ3v) is 6.36. The lowest BCUT2D eigenvalue weighted by Crippen LogP contribution is -2.21. The molecule has 1 heterocycles. The minimum Gasteiger partial charge on any atom is -0.464 e. The van der Waals surface area contributed by atoms with Crippen molar-refractivity contribution in [2.75, 3.05) is 65.7 Å². The van der Waals surface area contributed by atoms with Crippen molar-refractivity contribution in [2.45, 2.75) is 109 Å². The van der Waals surface area contributed by atoms with Crippen LogP contribution in [0.1, 0.15) is 114 Å². The van der Waals surface area contributed by atoms with Gasteiger partial charge in [-0.25, -0.2) is 4.98 Å². The van der Waals surface area contributed by atoms with E-state index in [1.54, 1.807) is 14.2 Å². The molecule has 306 valence electrons. The number of rotatable bonds is 19. The molecule has 0 aromatic carbocycles. The number of anilines is 1. The fourth-order valence-corrected chi connectivity index (χ4v) is 3.74. The monoisotopic (exact) mass is 742 g/mol. The average molecular weight is 742 g/mol. The molecule has 1 aromatic rings. The van der Waals surface area contributed by atoms with Crippen molar-refractivity contribution in [1.29, 1.82) is 0 Å². The van der Waals surface area contributed by atoms with Crippen LogP contribution in [0.3, 0.4) is 0 Å². The molecule has 7 nitrogen and oxygen atoms in total. The van der Waals surface area contributed by atoms with Crippen LogP contribution < -0.4 is 9.64 Å². The van der Waals surface area contributed by atoms with Gasteiger partial charge in [-0.05, 0) is 81.7 Å². The lowest BCUT2D eigenvalue weighted by atomic mass is 10.0. The number of aryl methyl sites for hydroxylation is 1. The summed E-state index contributed by atoms with van der Waals surface area (Å²) in [7, 11) is 5.44. The molecule has 1 aromatic heterocycles. The summed E-state index contributed by atoms with van der Waals surface area (Å²) >= 11 is 0. The number of methoxy groups -OCH3 is 2. The van der Waals surface area contributed by atoms with Crippen LogP contribution in [0.15, 0.2) is 91.6 Å². The van der Waals surface area contributed by atoms with E-state index < -0.39 is 0 Å². The number of nitrogens with zero attached hydrogens (tertiary/aromatic N) is 3. The standard InChI is InChI=1S/C26H41N3O2.C12H20O2.3C2H6.C2H4/c1-8-19-30-20-11-18-29(7)25-17-16-24(23(9-2)14-12-21(4)5)15-13-22(6)27-26(28-25)31-10-3;1-5-11(2)6-7-12(10-14-4)8-9-13-3;4*1-2/h9,12-17,21H,8,10-11,18-20H2,1-7H3;5-7H,1,8-10H2,2-4H3;3*1-2H3;1-2H2/b14-12-,15-13?,17-16?,22-13?,23-9+,24-15?,24-16?,25-17?,27-22?,27-26?,28-25?,28-26?;11-6-,12-7-;;;;. The second-order valence-electron chi connectivity index (χ2n) is 10.9. The van der Waals surface area contributed by atoms with Gasteiger partial charge in [0.25, 0.3) is 0 Å². The second-order valence-corrected chi connectivity index (χ2v) is 10.9. The van der Waals surface area contributed by atoms with Crippen molar-refractivity contribution in [2.24, 2.45) is 5.92 Å². The van der Waals surface area contributed by atoms with E-state index in [1.165, 1.54) is 11.1 Å². The largest absolute Gasteiger partial charge is 0.464 e. The summed E-state index contributed by atoms with van der Waals surface area (Å²) in [6.45, 7) is 40.5. The number of hydrogen-bond donors (Lipinski definition) is 0. The van der Waals surface area contributed by atoms with Gasteiger partial charge in [-0.15, -0.1) is 13.2 Å². The Hall–Kier alpha value is -3.52. The Kier molecular flexibility index (Phi) is 51.6. The molecule has 0 fully saturated rings. The highest BCUT2D eigenvalue weighted by Gasteiger charge is 2.05. The van der Waals surface area contributed by atoms with Gasteiger partial charge >= 0.3 is 6.01 Å². The predicted molar refractivity (Wildman–Crippen MR) is 238 cm³/mol. The van der Waals surface area contributed by atoms with Crippen LogP contribution in [-0.4, -0.2) is 70.8 Å². The van der Waals surface area contributed by atoms with E-state index in [2.05, 4.69) is 93.8 Å². The molecule has 0 radical (unpaired) electrons. The van der Waals surface area contributed by atoms with Gasteiger partial charge in [-0.3, -0.25) is 0 Å². The van der Waals surface area contributed by atoms with Crippen molar-refractivity contribution in [3.63, 3.8) is 0 Å². The van der Waals surface area contributed by atoms with E-state index in [0.717, 1.165) is 68.3 Å². The van der Waals surface area contributed by atoms with Gasteiger partial charge in [0.2, 0.25) is 0 Å². The summed E-state index contributed by atoms with van der Waals surface area (Å²) in [5.74, 6) is 1.31. The van der Waals surface area contributed by atoms with E-state index in [-0.39, 0.29) is 0 Å². The highest BCUT2D eigenvalue weighted by molar-refractivity contribution is 5.73. The zero-order valence-corrected chi connectivity index (χ0v) is 37.3. The van der Waals surface area contributed by atoms with Crippen LogP contribution in [0.2, 0.25) is 0 Å². The SMILES string of the molecule is C/C=C(\C=C/C(C)C)c1ccc(C)nc(OCC)nc(N(C)CCCOCCC)cc1.C=C.C=C/C(C)=C\C=C(\CCOC)COC.CC.CC.CC. The molecule has 7 heteroatoms. The summed E-state index contributed by atoms with van der Waals surface area (Å²) in [5.41, 5.74) is 5.50. The van der Waals surface area contributed by atoms with Gasteiger partial charge in [0.15, 0.2) is 0 Å². The van der Waals surface area contributed by atoms with E-state index in [4.69, 9.17) is 23.9 Å². The van der Waals surface area contributed by atoms with Crippen molar-refractivity contribution in [3.05, 3.63) is 103 Å². The van der Waals surface area contributed by atoms with E-state index >= 15 is 0 Å². The summed E-state index contributed by atoms with van der Waals surface area (Å²) in [6.07, 6.45) is 15.3. The van der Waals surface area contributed by atoms with Crippen molar-refractivity contribution in [3.8, 4) is 6.01 Å². The molecule has 0 spiro atoms. The van der Waals surface area contributed by atoms with Crippen molar-refractivity contribution in [1.82, 2.24) is 9.97 Å². The zero-order chi connectivity index (χ0) is 41.9.